The Morgan fingerprint density at radius 3 is 2.54 bits per heavy atom. The van der Waals surface area contributed by atoms with E-state index in [1.165, 1.54) is 12.8 Å². The summed E-state index contributed by atoms with van der Waals surface area (Å²) < 4.78 is 11.4. The molecule has 1 unspecified atom stereocenters. The predicted molar refractivity (Wildman–Crippen MR) is 53.9 cm³/mol. The normalized spacial score (nSPS) is 23.8. The molecule has 0 saturated carbocycles. The van der Waals surface area contributed by atoms with Crippen molar-refractivity contribution in [3.05, 3.63) is 0 Å². The van der Waals surface area contributed by atoms with Gasteiger partial charge in [-0.2, -0.15) is 0 Å². The number of hydrogen-bond acceptors (Lipinski definition) is 2. The van der Waals surface area contributed by atoms with E-state index < -0.39 is 0 Å². The van der Waals surface area contributed by atoms with Crippen LogP contribution in [0, 0.1) is 0 Å². The van der Waals surface area contributed by atoms with Crippen molar-refractivity contribution in [1.29, 1.82) is 0 Å². The fourth-order valence-electron chi connectivity index (χ4n) is 1.52. The summed E-state index contributed by atoms with van der Waals surface area (Å²) >= 11 is 0. The molecule has 0 amide bonds. The first kappa shape index (κ1) is 11.0. The highest BCUT2D eigenvalue weighted by Gasteiger charge is 2.23. The smallest absolute Gasteiger partial charge is 0.0809 e. The third-order valence-corrected chi connectivity index (χ3v) is 3.14. The van der Waals surface area contributed by atoms with Crippen molar-refractivity contribution in [2.75, 3.05) is 13.2 Å². The SMILES string of the molecule is CCC(C)(CC)OCC1CCCO1. The maximum Gasteiger partial charge on any atom is 0.0809 e. The fraction of sp³-hybridized carbons (Fsp3) is 1.00. The van der Waals surface area contributed by atoms with Gasteiger partial charge in [-0.1, -0.05) is 13.8 Å². The van der Waals surface area contributed by atoms with E-state index in [1.807, 2.05) is 0 Å². The van der Waals surface area contributed by atoms with E-state index in [2.05, 4.69) is 20.8 Å². The van der Waals surface area contributed by atoms with Gasteiger partial charge in [0.15, 0.2) is 0 Å². The van der Waals surface area contributed by atoms with Crippen molar-refractivity contribution in [1.82, 2.24) is 0 Å². The fourth-order valence-corrected chi connectivity index (χ4v) is 1.52. The van der Waals surface area contributed by atoms with Crippen LogP contribution in [0.3, 0.4) is 0 Å². The first-order valence-corrected chi connectivity index (χ1v) is 5.45. The zero-order valence-electron chi connectivity index (χ0n) is 9.14. The molecular weight excluding hydrogens is 164 g/mol. The lowest BCUT2D eigenvalue weighted by atomic mass is 10.0. The lowest BCUT2D eigenvalue weighted by molar-refractivity contribution is -0.0780. The molecule has 2 heteroatoms. The van der Waals surface area contributed by atoms with Crippen molar-refractivity contribution >= 4 is 0 Å². The molecule has 1 saturated heterocycles. The van der Waals surface area contributed by atoms with Crippen LogP contribution in [0.5, 0.6) is 0 Å². The van der Waals surface area contributed by atoms with Gasteiger partial charge in [0.25, 0.3) is 0 Å². The van der Waals surface area contributed by atoms with Crippen LogP contribution in [0.1, 0.15) is 46.5 Å². The third kappa shape index (κ3) is 3.28. The number of hydrogen-bond donors (Lipinski definition) is 0. The Hall–Kier alpha value is -0.0800. The maximum absolute atomic E-state index is 5.89. The molecule has 0 N–H and O–H groups in total. The van der Waals surface area contributed by atoms with Crippen molar-refractivity contribution in [3.63, 3.8) is 0 Å². The monoisotopic (exact) mass is 186 g/mol. The molecule has 0 aromatic heterocycles. The van der Waals surface area contributed by atoms with Crippen molar-refractivity contribution in [2.45, 2.75) is 58.2 Å². The third-order valence-electron chi connectivity index (χ3n) is 3.14. The van der Waals surface area contributed by atoms with E-state index in [0.29, 0.717) is 6.10 Å². The van der Waals surface area contributed by atoms with Gasteiger partial charge < -0.3 is 9.47 Å². The topological polar surface area (TPSA) is 18.5 Å². The number of ether oxygens (including phenoxy) is 2. The molecule has 1 aliphatic heterocycles. The number of rotatable bonds is 5. The highest BCUT2D eigenvalue weighted by molar-refractivity contribution is 4.73. The van der Waals surface area contributed by atoms with Crippen LogP contribution >= 0.6 is 0 Å². The maximum atomic E-state index is 5.89. The zero-order valence-corrected chi connectivity index (χ0v) is 9.14. The molecular formula is C11H22O2. The molecule has 0 aromatic carbocycles. The summed E-state index contributed by atoms with van der Waals surface area (Å²) in [6.07, 6.45) is 4.89. The standard InChI is InChI=1S/C11H22O2/c1-4-11(3,5-2)13-9-10-7-6-8-12-10/h10H,4-9H2,1-3H3. The lowest BCUT2D eigenvalue weighted by Crippen LogP contribution is -2.30. The van der Waals surface area contributed by atoms with Gasteiger partial charge in [0.1, 0.15) is 0 Å². The Balaban J connectivity index is 2.22. The molecule has 2 nitrogen and oxygen atoms in total. The molecule has 1 fully saturated rings. The second-order valence-corrected chi connectivity index (χ2v) is 4.10. The summed E-state index contributed by atoms with van der Waals surface area (Å²) in [4.78, 5) is 0. The van der Waals surface area contributed by atoms with Crippen molar-refractivity contribution in [3.8, 4) is 0 Å². The van der Waals surface area contributed by atoms with Crippen LogP contribution in [-0.4, -0.2) is 24.9 Å². The molecule has 0 radical (unpaired) electrons. The summed E-state index contributed by atoms with van der Waals surface area (Å²) in [5.74, 6) is 0. The molecule has 1 rings (SSSR count). The van der Waals surface area contributed by atoms with Crippen LogP contribution in [0.4, 0.5) is 0 Å². The Bertz CT molecular complexity index is 135. The van der Waals surface area contributed by atoms with Gasteiger partial charge in [-0.3, -0.25) is 0 Å². The van der Waals surface area contributed by atoms with Crippen LogP contribution in [0.15, 0.2) is 0 Å². The summed E-state index contributed by atoms with van der Waals surface area (Å²) in [5, 5.41) is 0. The minimum Gasteiger partial charge on any atom is -0.376 e. The average molecular weight is 186 g/mol. The summed E-state index contributed by atoms with van der Waals surface area (Å²) in [5.41, 5.74) is 0.0615. The van der Waals surface area contributed by atoms with Gasteiger partial charge in [0, 0.05) is 6.61 Å². The van der Waals surface area contributed by atoms with Crippen LogP contribution in [0.25, 0.3) is 0 Å². The quantitative estimate of drug-likeness (QED) is 0.657. The first-order chi connectivity index (χ1) is 6.20. The summed E-state index contributed by atoms with van der Waals surface area (Å²) in [6.45, 7) is 8.24. The molecule has 1 heterocycles. The minimum absolute atomic E-state index is 0.0615. The van der Waals surface area contributed by atoms with Crippen LogP contribution < -0.4 is 0 Å². The molecule has 78 valence electrons. The van der Waals surface area contributed by atoms with Gasteiger partial charge >= 0.3 is 0 Å². The van der Waals surface area contributed by atoms with E-state index in [1.54, 1.807) is 0 Å². The van der Waals surface area contributed by atoms with Crippen molar-refractivity contribution < 1.29 is 9.47 Å². The summed E-state index contributed by atoms with van der Waals surface area (Å²) in [7, 11) is 0. The molecule has 13 heavy (non-hydrogen) atoms. The second-order valence-electron chi connectivity index (χ2n) is 4.10. The molecule has 1 atom stereocenters. The Kier molecular flexibility index (Phi) is 4.20. The van der Waals surface area contributed by atoms with E-state index in [4.69, 9.17) is 9.47 Å². The molecule has 0 aliphatic carbocycles. The molecule has 1 aliphatic rings. The molecule has 0 bridgehead atoms. The van der Waals surface area contributed by atoms with Gasteiger partial charge in [0.2, 0.25) is 0 Å². The predicted octanol–water partition coefficient (Wildman–Crippen LogP) is 2.76. The highest BCUT2D eigenvalue weighted by Crippen LogP contribution is 2.21. The van der Waals surface area contributed by atoms with Gasteiger partial charge in [0.05, 0.1) is 18.3 Å². The van der Waals surface area contributed by atoms with E-state index in [9.17, 15) is 0 Å². The highest BCUT2D eigenvalue weighted by atomic mass is 16.5. The van der Waals surface area contributed by atoms with E-state index in [0.717, 1.165) is 26.1 Å². The van der Waals surface area contributed by atoms with Crippen molar-refractivity contribution in [2.24, 2.45) is 0 Å². The van der Waals surface area contributed by atoms with Gasteiger partial charge in [-0.05, 0) is 32.6 Å². The van der Waals surface area contributed by atoms with E-state index in [-0.39, 0.29) is 5.60 Å². The minimum atomic E-state index is 0.0615. The van der Waals surface area contributed by atoms with E-state index >= 15 is 0 Å². The Morgan fingerprint density at radius 2 is 2.08 bits per heavy atom. The zero-order chi connectivity index (χ0) is 9.73. The van der Waals surface area contributed by atoms with Gasteiger partial charge in [-0.25, -0.2) is 0 Å². The summed E-state index contributed by atoms with van der Waals surface area (Å²) in [6, 6.07) is 0. The molecule has 0 aromatic rings. The largest absolute Gasteiger partial charge is 0.376 e. The van der Waals surface area contributed by atoms with Crippen LogP contribution in [-0.2, 0) is 9.47 Å². The average Bonchev–Trinajstić information content (AvgIpc) is 2.67. The second kappa shape index (κ2) is 4.97. The van der Waals surface area contributed by atoms with Crippen LogP contribution in [0.2, 0.25) is 0 Å². The first-order valence-electron chi connectivity index (χ1n) is 5.45. The molecule has 0 spiro atoms. The lowest BCUT2D eigenvalue weighted by Gasteiger charge is -2.28. The van der Waals surface area contributed by atoms with Gasteiger partial charge in [-0.15, -0.1) is 0 Å². The Morgan fingerprint density at radius 1 is 1.38 bits per heavy atom. The Labute approximate surface area is 81.6 Å².